The van der Waals surface area contributed by atoms with Crippen LogP contribution in [0.1, 0.15) is 32.1 Å². The van der Waals surface area contributed by atoms with Crippen LogP contribution in [-0.4, -0.2) is 54.4 Å². The first kappa shape index (κ1) is 17.2. The van der Waals surface area contributed by atoms with Crippen molar-refractivity contribution in [1.82, 2.24) is 20.4 Å². The number of hydrogen-bond donors (Lipinski definition) is 3. The molecule has 2 fully saturated rings. The third kappa shape index (κ3) is 2.84. The average molecular weight is 381 g/mol. The molecule has 1 saturated carbocycles. The number of ether oxygens (including phenoxy) is 1. The van der Waals surface area contributed by atoms with Crippen LogP contribution < -0.4 is 16.0 Å². The maximum Gasteiger partial charge on any atom is 0.271 e. The molecule has 2 aliphatic heterocycles. The Morgan fingerprint density at radius 1 is 1.29 bits per heavy atom. The molecule has 8 nitrogen and oxygen atoms in total. The highest BCUT2D eigenvalue weighted by Gasteiger charge is 2.55. The Kier molecular flexibility index (Phi) is 4.08. The summed E-state index contributed by atoms with van der Waals surface area (Å²) in [5, 5.41) is 13.5. The van der Waals surface area contributed by atoms with E-state index < -0.39 is 0 Å². The highest BCUT2D eigenvalue weighted by Crippen LogP contribution is 2.44. The number of carbonyl (C=O) groups is 2. The molecule has 28 heavy (non-hydrogen) atoms. The van der Waals surface area contributed by atoms with Crippen molar-refractivity contribution in [1.29, 1.82) is 0 Å². The molecule has 1 aromatic carbocycles. The Morgan fingerprint density at radius 3 is 2.89 bits per heavy atom. The molecule has 1 unspecified atom stereocenters. The van der Waals surface area contributed by atoms with E-state index in [4.69, 9.17) is 4.74 Å². The number of benzene rings is 1. The van der Waals surface area contributed by atoms with E-state index in [0.717, 1.165) is 24.2 Å². The number of nitrogens with one attached hydrogen (secondary N) is 3. The van der Waals surface area contributed by atoms with Gasteiger partial charge in [0.05, 0.1) is 19.8 Å². The van der Waals surface area contributed by atoms with Crippen molar-refractivity contribution in [3.05, 3.63) is 46.8 Å². The maximum atomic E-state index is 12.9. The summed E-state index contributed by atoms with van der Waals surface area (Å²) in [5.74, 6) is 0.349. The Hall–Kier alpha value is -2.87. The zero-order valence-electron chi connectivity index (χ0n) is 15.7. The Bertz CT molecular complexity index is 943. The van der Waals surface area contributed by atoms with Crippen LogP contribution in [0.5, 0.6) is 0 Å². The van der Waals surface area contributed by atoms with Gasteiger partial charge in [-0.2, -0.15) is 5.10 Å². The molecule has 0 bridgehead atoms. The molecule has 1 aromatic heterocycles. The predicted molar refractivity (Wildman–Crippen MR) is 102 cm³/mol. The topological polar surface area (TPSA) is 97.3 Å². The largest absolute Gasteiger partial charge is 0.384 e. The molecule has 2 amide bonds. The number of fused-ring (bicyclic) bond motifs is 2. The highest BCUT2D eigenvalue weighted by molar-refractivity contribution is 5.98. The van der Waals surface area contributed by atoms with E-state index in [1.54, 1.807) is 17.8 Å². The van der Waals surface area contributed by atoms with Crippen molar-refractivity contribution in [2.75, 3.05) is 32.1 Å². The lowest BCUT2D eigenvalue weighted by molar-refractivity contribution is 0.0917. The van der Waals surface area contributed by atoms with Gasteiger partial charge in [0.15, 0.2) is 5.69 Å². The SMILES string of the molecule is CNC(=O)c1cc(C(=O)NC2[C@H]3COC[C@@H]23)n(Cc2cccc3c2CCN3)n1. The minimum atomic E-state index is -0.301. The van der Waals surface area contributed by atoms with Crippen molar-refractivity contribution in [2.24, 2.45) is 11.8 Å². The Balaban J connectivity index is 1.43. The first-order valence-corrected chi connectivity index (χ1v) is 9.69. The molecule has 3 atom stereocenters. The van der Waals surface area contributed by atoms with Gasteiger partial charge in [0, 0.05) is 43.2 Å². The number of aromatic nitrogens is 2. The quantitative estimate of drug-likeness (QED) is 0.706. The Morgan fingerprint density at radius 2 is 2.11 bits per heavy atom. The summed E-state index contributed by atoms with van der Waals surface area (Å²) in [4.78, 5) is 25.0. The van der Waals surface area contributed by atoms with E-state index in [0.29, 0.717) is 37.3 Å². The van der Waals surface area contributed by atoms with Crippen LogP contribution in [0.25, 0.3) is 0 Å². The van der Waals surface area contributed by atoms with E-state index in [-0.39, 0.29) is 23.6 Å². The summed E-state index contributed by atoms with van der Waals surface area (Å²) in [6.07, 6.45) is 0.946. The second-order valence-electron chi connectivity index (χ2n) is 7.64. The number of amides is 2. The summed E-state index contributed by atoms with van der Waals surface area (Å²) in [5.41, 5.74) is 4.15. The lowest BCUT2D eigenvalue weighted by Gasteiger charge is -2.12. The molecular formula is C20H23N5O3. The van der Waals surface area contributed by atoms with Crippen LogP contribution in [0.3, 0.4) is 0 Å². The monoisotopic (exact) mass is 381 g/mol. The second-order valence-corrected chi connectivity index (χ2v) is 7.64. The van der Waals surface area contributed by atoms with Gasteiger partial charge in [-0.3, -0.25) is 14.3 Å². The van der Waals surface area contributed by atoms with E-state index in [1.165, 1.54) is 5.56 Å². The van der Waals surface area contributed by atoms with Crippen molar-refractivity contribution in [2.45, 2.75) is 19.0 Å². The number of anilines is 1. The van der Waals surface area contributed by atoms with Crippen LogP contribution >= 0.6 is 0 Å². The highest BCUT2D eigenvalue weighted by atomic mass is 16.5. The smallest absolute Gasteiger partial charge is 0.271 e. The zero-order valence-corrected chi connectivity index (χ0v) is 15.7. The van der Waals surface area contributed by atoms with Gasteiger partial charge in [-0.25, -0.2) is 0 Å². The molecule has 3 aliphatic rings. The molecule has 0 spiro atoms. The number of nitrogens with zero attached hydrogens (tertiary/aromatic N) is 2. The van der Waals surface area contributed by atoms with Crippen molar-refractivity contribution in [3.8, 4) is 0 Å². The lowest BCUT2D eigenvalue weighted by Crippen LogP contribution is -2.31. The van der Waals surface area contributed by atoms with Gasteiger partial charge in [0.1, 0.15) is 5.69 Å². The zero-order chi connectivity index (χ0) is 19.3. The predicted octanol–water partition coefficient (Wildman–Crippen LogP) is 0.634. The van der Waals surface area contributed by atoms with Gasteiger partial charge >= 0.3 is 0 Å². The third-order valence-electron chi connectivity index (χ3n) is 6.01. The molecule has 1 saturated heterocycles. The summed E-state index contributed by atoms with van der Waals surface area (Å²) < 4.78 is 7.03. The Labute approximate surface area is 162 Å². The molecule has 5 rings (SSSR count). The molecule has 3 N–H and O–H groups in total. The average Bonchev–Trinajstić information content (AvgIpc) is 3.22. The maximum absolute atomic E-state index is 12.9. The van der Waals surface area contributed by atoms with Crippen LogP contribution in [0.2, 0.25) is 0 Å². The number of hydrogen-bond acceptors (Lipinski definition) is 5. The fourth-order valence-corrected chi connectivity index (χ4v) is 4.37. The lowest BCUT2D eigenvalue weighted by atomic mass is 10.1. The number of carbonyl (C=O) groups excluding carboxylic acids is 2. The fraction of sp³-hybridized carbons (Fsp3) is 0.450. The normalized spacial score (nSPS) is 24.2. The summed E-state index contributed by atoms with van der Waals surface area (Å²) >= 11 is 0. The molecular weight excluding hydrogens is 358 g/mol. The van der Waals surface area contributed by atoms with Crippen molar-refractivity contribution in [3.63, 3.8) is 0 Å². The van der Waals surface area contributed by atoms with E-state index in [1.807, 2.05) is 6.07 Å². The van der Waals surface area contributed by atoms with Gasteiger partial charge in [0.2, 0.25) is 0 Å². The molecule has 0 radical (unpaired) electrons. The van der Waals surface area contributed by atoms with E-state index >= 15 is 0 Å². The van der Waals surface area contributed by atoms with Gasteiger partial charge in [-0.05, 0) is 23.6 Å². The molecule has 1 aliphatic carbocycles. The minimum absolute atomic E-state index is 0.165. The van der Waals surface area contributed by atoms with Gasteiger partial charge in [-0.1, -0.05) is 12.1 Å². The van der Waals surface area contributed by atoms with Gasteiger partial charge in [0.25, 0.3) is 11.8 Å². The molecule has 2 aromatic rings. The van der Waals surface area contributed by atoms with Crippen molar-refractivity contribution >= 4 is 17.5 Å². The van der Waals surface area contributed by atoms with Gasteiger partial charge < -0.3 is 20.7 Å². The number of rotatable bonds is 5. The third-order valence-corrected chi connectivity index (χ3v) is 6.01. The summed E-state index contributed by atoms with van der Waals surface area (Å²) in [6, 6.07) is 7.85. The van der Waals surface area contributed by atoms with E-state index in [2.05, 4.69) is 33.2 Å². The fourth-order valence-electron chi connectivity index (χ4n) is 4.37. The van der Waals surface area contributed by atoms with Crippen molar-refractivity contribution < 1.29 is 14.3 Å². The van der Waals surface area contributed by atoms with E-state index in [9.17, 15) is 9.59 Å². The molecule has 146 valence electrons. The summed E-state index contributed by atoms with van der Waals surface area (Å²) in [6.45, 7) is 2.78. The van der Waals surface area contributed by atoms with Gasteiger partial charge in [-0.15, -0.1) is 0 Å². The molecule has 3 heterocycles. The van der Waals surface area contributed by atoms with Crippen LogP contribution in [0.15, 0.2) is 24.3 Å². The minimum Gasteiger partial charge on any atom is -0.384 e. The van der Waals surface area contributed by atoms with Crippen LogP contribution in [0.4, 0.5) is 5.69 Å². The first-order chi connectivity index (χ1) is 13.7. The van der Waals surface area contributed by atoms with Crippen LogP contribution in [-0.2, 0) is 17.7 Å². The molecule has 8 heteroatoms. The first-order valence-electron chi connectivity index (χ1n) is 9.69. The second kappa shape index (κ2) is 6.63. The summed E-state index contributed by atoms with van der Waals surface area (Å²) in [7, 11) is 1.56. The standard InChI is InChI=1S/C20H23N5O3/c1-21-19(26)16-7-17(20(27)23-18-13-9-28-10-14(13)18)25(24-16)8-11-3-2-4-15-12(11)5-6-22-15/h2-4,7,13-14,18,22H,5-6,8-10H2,1H3,(H,21,26)(H,23,27)/t13-,14+,18?. The van der Waals surface area contributed by atoms with Crippen LogP contribution in [0, 0.1) is 11.8 Å².